The van der Waals surface area contributed by atoms with Crippen molar-refractivity contribution in [1.82, 2.24) is 4.90 Å². The maximum absolute atomic E-state index is 12.5. The number of carbonyl (C=O) groups excluding carboxylic acids is 1. The molecule has 4 rings (SSSR count). The molecule has 0 unspecified atom stereocenters. The third-order valence-electron chi connectivity index (χ3n) is 4.46. The van der Waals surface area contributed by atoms with E-state index in [4.69, 9.17) is 13.6 Å². The van der Waals surface area contributed by atoms with Gasteiger partial charge in [0.2, 0.25) is 5.76 Å². The molecule has 0 atom stereocenters. The molecule has 0 radical (unpaired) electrons. The Hall–Kier alpha value is -2.83. The van der Waals surface area contributed by atoms with Gasteiger partial charge >= 0.3 is 5.97 Å². The Labute approximate surface area is 167 Å². The van der Waals surface area contributed by atoms with Crippen molar-refractivity contribution in [1.29, 1.82) is 0 Å². The minimum Gasteiger partial charge on any atom is -0.468 e. The molecule has 28 heavy (non-hydrogen) atoms. The first-order chi connectivity index (χ1) is 13.7. The average Bonchev–Trinajstić information content (AvgIpc) is 3.44. The molecule has 0 aliphatic heterocycles. The summed E-state index contributed by atoms with van der Waals surface area (Å²) in [5, 5.41) is 3.00. The van der Waals surface area contributed by atoms with Crippen LogP contribution in [0.15, 0.2) is 69.0 Å². The van der Waals surface area contributed by atoms with Gasteiger partial charge in [-0.3, -0.25) is 4.90 Å². The van der Waals surface area contributed by atoms with Gasteiger partial charge in [-0.15, -0.1) is 11.3 Å². The number of ether oxygens (including phenoxy) is 1. The second-order valence-corrected chi connectivity index (χ2v) is 7.46. The summed E-state index contributed by atoms with van der Waals surface area (Å²) in [7, 11) is 0. The van der Waals surface area contributed by atoms with Crippen LogP contribution in [0.25, 0.3) is 11.0 Å². The monoisotopic (exact) mass is 395 g/mol. The molecule has 0 amide bonds. The molecule has 4 aromatic rings. The van der Waals surface area contributed by atoms with Gasteiger partial charge in [0.05, 0.1) is 19.4 Å². The van der Waals surface area contributed by atoms with E-state index in [0.29, 0.717) is 25.3 Å². The van der Waals surface area contributed by atoms with Crippen LogP contribution in [0.2, 0.25) is 0 Å². The minimum atomic E-state index is -0.428. The van der Waals surface area contributed by atoms with Crippen molar-refractivity contribution < 1.29 is 18.4 Å². The number of carbonyl (C=O) groups is 1. The van der Waals surface area contributed by atoms with Gasteiger partial charge in [0.1, 0.15) is 11.3 Å². The van der Waals surface area contributed by atoms with Gasteiger partial charge < -0.3 is 13.6 Å². The number of hydrogen-bond acceptors (Lipinski definition) is 6. The summed E-state index contributed by atoms with van der Waals surface area (Å²) in [6.07, 6.45) is 1.68. The predicted molar refractivity (Wildman–Crippen MR) is 108 cm³/mol. The van der Waals surface area contributed by atoms with Crippen LogP contribution in [0.4, 0.5) is 0 Å². The lowest BCUT2D eigenvalue weighted by molar-refractivity contribution is 0.0489. The highest BCUT2D eigenvalue weighted by Gasteiger charge is 2.24. The molecule has 0 bridgehead atoms. The fourth-order valence-electron chi connectivity index (χ4n) is 3.25. The first-order valence-corrected chi connectivity index (χ1v) is 10.1. The molecule has 0 fully saturated rings. The van der Waals surface area contributed by atoms with E-state index >= 15 is 0 Å². The van der Waals surface area contributed by atoms with Crippen molar-refractivity contribution in [3.63, 3.8) is 0 Å². The van der Waals surface area contributed by atoms with Crippen LogP contribution in [0, 0.1) is 0 Å². The van der Waals surface area contributed by atoms with Crippen molar-refractivity contribution in [2.24, 2.45) is 0 Å². The molecule has 0 saturated carbocycles. The summed E-state index contributed by atoms with van der Waals surface area (Å²) in [5.41, 5.74) is 1.53. The molecule has 3 heterocycles. The van der Waals surface area contributed by atoms with Crippen LogP contribution in [-0.2, 0) is 24.4 Å². The maximum atomic E-state index is 12.5. The number of para-hydroxylation sites is 1. The highest BCUT2D eigenvalue weighted by atomic mass is 32.1. The summed E-state index contributed by atoms with van der Waals surface area (Å²) in [6, 6.07) is 15.7. The van der Waals surface area contributed by atoms with E-state index in [-0.39, 0.29) is 5.76 Å². The third-order valence-corrected chi connectivity index (χ3v) is 5.32. The number of rotatable bonds is 8. The number of benzene rings is 1. The number of fused-ring (bicyclic) bond motifs is 1. The van der Waals surface area contributed by atoms with Gasteiger partial charge in [0.25, 0.3) is 0 Å². The summed E-state index contributed by atoms with van der Waals surface area (Å²) in [6.45, 7) is 4.03. The number of nitrogens with zero attached hydrogens (tertiary/aromatic N) is 1. The van der Waals surface area contributed by atoms with E-state index < -0.39 is 5.97 Å². The van der Waals surface area contributed by atoms with Gasteiger partial charge in [-0.25, -0.2) is 4.79 Å². The highest BCUT2D eigenvalue weighted by Crippen LogP contribution is 2.29. The molecule has 0 N–H and O–H groups in total. The Bertz CT molecular complexity index is 998. The lowest BCUT2D eigenvalue weighted by atomic mass is 10.1. The van der Waals surface area contributed by atoms with Gasteiger partial charge in [0.15, 0.2) is 0 Å². The average molecular weight is 395 g/mol. The van der Waals surface area contributed by atoms with Crippen LogP contribution >= 0.6 is 11.3 Å². The second-order valence-electron chi connectivity index (χ2n) is 6.43. The van der Waals surface area contributed by atoms with Crippen LogP contribution in [0.1, 0.15) is 33.7 Å². The lowest BCUT2D eigenvalue weighted by Crippen LogP contribution is -2.23. The SMILES string of the molecule is CCOC(=O)c1oc2ccccc2c1CN(Cc1ccco1)Cc1cccs1. The smallest absolute Gasteiger partial charge is 0.374 e. The predicted octanol–water partition coefficient (Wildman–Crippen LogP) is 5.47. The molecule has 5 nitrogen and oxygen atoms in total. The summed E-state index contributed by atoms with van der Waals surface area (Å²) in [5.74, 6) is 0.725. The quantitative estimate of drug-likeness (QED) is 0.371. The first kappa shape index (κ1) is 18.5. The maximum Gasteiger partial charge on any atom is 0.374 e. The summed E-state index contributed by atoms with van der Waals surface area (Å²) in [4.78, 5) is 16.0. The minimum absolute atomic E-state index is 0.277. The van der Waals surface area contributed by atoms with Crippen LogP contribution in [-0.4, -0.2) is 17.5 Å². The Balaban J connectivity index is 1.69. The standard InChI is InChI=1S/C22H21NO4S/c1-2-25-22(24)21-19(18-9-3-4-10-20(18)27-21)15-23(13-16-7-5-11-26-16)14-17-8-6-12-28-17/h3-12H,2,13-15H2,1H3. The number of thiophene rings is 1. The summed E-state index contributed by atoms with van der Waals surface area (Å²) >= 11 is 1.71. The highest BCUT2D eigenvalue weighted by molar-refractivity contribution is 7.09. The van der Waals surface area contributed by atoms with Crippen molar-refractivity contribution in [3.05, 3.63) is 82.1 Å². The molecule has 6 heteroatoms. The van der Waals surface area contributed by atoms with Crippen molar-refractivity contribution in [2.75, 3.05) is 6.61 Å². The van der Waals surface area contributed by atoms with Gasteiger partial charge in [0, 0.05) is 28.9 Å². The van der Waals surface area contributed by atoms with E-state index in [0.717, 1.165) is 23.3 Å². The largest absolute Gasteiger partial charge is 0.468 e. The van der Waals surface area contributed by atoms with E-state index in [1.165, 1.54) is 4.88 Å². The zero-order chi connectivity index (χ0) is 19.3. The zero-order valence-electron chi connectivity index (χ0n) is 15.6. The fourth-order valence-corrected chi connectivity index (χ4v) is 4.00. The molecule has 0 aliphatic carbocycles. The summed E-state index contributed by atoms with van der Waals surface area (Å²) < 4.78 is 16.6. The van der Waals surface area contributed by atoms with E-state index in [1.807, 2.05) is 42.5 Å². The zero-order valence-corrected chi connectivity index (χ0v) is 16.4. The molecule has 0 saturated heterocycles. The van der Waals surface area contributed by atoms with Crippen LogP contribution in [0.5, 0.6) is 0 Å². The van der Waals surface area contributed by atoms with Gasteiger partial charge in [-0.2, -0.15) is 0 Å². The molecule has 144 valence electrons. The second kappa shape index (κ2) is 8.46. The molecular weight excluding hydrogens is 374 g/mol. The molecular formula is C22H21NO4S. The van der Waals surface area contributed by atoms with Crippen LogP contribution in [0.3, 0.4) is 0 Å². The van der Waals surface area contributed by atoms with Crippen molar-refractivity contribution in [3.8, 4) is 0 Å². The van der Waals surface area contributed by atoms with E-state index in [1.54, 1.807) is 24.5 Å². The Morgan fingerprint density at radius 2 is 1.96 bits per heavy atom. The number of esters is 1. The third kappa shape index (κ3) is 4.03. The Morgan fingerprint density at radius 1 is 1.07 bits per heavy atom. The van der Waals surface area contributed by atoms with E-state index in [9.17, 15) is 4.79 Å². The molecule has 1 aromatic carbocycles. The Morgan fingerprint density at radius 3 is 2.71 bits per heavy atom. The molecule has 0 aliphatic rings. The molecule has 0 spiro atoms. The number of furan rings is 2. The van der Waals surface area contributed by atoms with Crippen LogP contribution < -0.4 is 0 Å². The van der Waals surface area contributed by atoms with E-state index in [2.05, 4.69) is 16.3 Å². The van der Waals surface area contributed by atoms with Gasteiger partial charge in [-0.05, 0) is 36.6 Å². The lowest BCUT2D eigenvalue weighted by Gasteiger charge is -2.20. The van der Waals surface area contributed by atoms with Gasteiger partial charge in [-0.1, -0.05) is 24.3 Å². The molecule has 3 aromatic heterocycles. The Kier molecular flexibility index (Phi) is 5.60. The normalized spacial score (nSPS) is 11.4. The number of hydrogen-bond donors (Lipinski definition) is 0. The van der Waals surface area contributed by atoms with Crippen molar-refractivity contribution >= 4 is 28.3 Å². The topological polar surface area (TPSA) is 55.8 Å². The fraction of sp³-hybridized carbons (Fsp3) is 0.227. The first-order valence-electron chi connectivity index (χ1n) is 9.19. The van der Waals surface area contributed by atoms with Crippen molar-refractivity contribution in [2.45, 2.75) is 26.6 Å².